The van der Waals surface area contributed by atoms with E-state index in [1.165, 1.54) is 6.08 Å². The lowest BCUT2D eigenvalue weighted by Crippen LogP contribution is -1.99. The van der Waals surface area contributed by atoms with E-state index < -0.39 is 5.97 Å². The molecule has 0 aliphatic carbocycles. The van der Waals surface area contributed by atoms with E-state index in [1.807, 2.05) is 6.07 Å². The van der Waals surface area contributed by atoms with Gasteiger partial charge in [-0.15, -0.1) is 0 Å². The molecule has 0 radical (unpaired) electrons. The van der Waals surface area contributed by atoms with Crippen LogP contribution >= 0.6 is 0 Å². The zero-order chi connectivity index (χ0) is 12.0. The maximum absolute atomic E-state index is 10.8. The second-order valence-electron chi connectivity index (χ2n) is 3.08. The Hall–Kier alpha value is -2.28. The third kappa shape index (κ3) is 3.14. The molecule has 0 heterocycles. The van der Waals surface area contributed by atoms with Gasteiger partial charge in [-0.1, -0.05) is 12.1 Å². The summed E-state index contributed by atoms with van der Waals surface area (Å²) >= 11 is 0. The normalized spacial score (nSPS) is 10.6. The van der Waals surface area contributed by atoms with E-state index >= 15 is 0 Å². The van der Waals surface area contributed by atoms with Crippen LogP contribution in [0, 0.1) is 11.3 Å². The molecule has 0 saturated heterocycles. The molecular formula is C12H11NO3. The number of nitrogens with zero attached hydrogens (tertiary/aromatic N) is 1. The number of carbonyl (C=O) groups is 1. The molecule has 0 spiro atoms. The maximum atomic E-state index is 10.8. The van der Waals surface area contributed by atoms with Crippen LogP contribution < -0.4 is 4.74 Å². The largest absolute Gasteiger partial charge is 0.497 e. The summed E-state index contributed by atoms with van der Waals surface area (Å²) in [6, 6.07) is 8.76. The summed E-state index contributed by atoms with van der Waals surface area (Å²) in [5.74, 6) is -0.369. The Labute approximate surface area is 93.4 Å². The third-order valence-electron chi connectivity index (χ3n) is 2.00. The van der Waals surface area contributed by atoms with Gasteiger partial charge in [0, 0.05) is 0 Å². The molecule has 4 heteroatoms. The van der Waals surface area contributed by atoms with E-state index in [-0.39, 0.29) is 12.0 Å². The number of hydrogen-bond acceptors (Lipinski definition) is 3. The summed E-state index contributed by atoms with van der Waals surface area (Å²) in [7, 11) is 1.56. The highest BCUT2D eigenvalue weighted by Gasteiger charge is 2.06. The first-order valence-electron chi connectivity index (χ1n) is 4.62. The van der Waals surface area contributed by atoms with E-state index in [4.69, 9.17) is 15.1 Å². The van der Waals surface area contributed by atoms with Crippen molar-refractivity contribution in [3.63, 3.8) is 0 Å². The zero-order valence-corrected chi connectivity index (χ0v) is 8.80. The highest BCUT2D eigenvalue weighted by atomic mass is 16.5. The van der Waals surface area contributed by atoms with E-state index in [0.717, 1.165) is 5.56 Å². The van der Waals surface area contributed by atoms with Crippen LogP contribution in [0.3, 0.4) is 0 Å². The van der Waals surface area contributed by atoms with Crippen molar-refractivity contribution in [2.24, 2.45) is 0 Å². The monoisotopic (exact) mass is 217 g/mol. The van der Waals surface area contributed by atoms with Gasteiger partial charge < -0.3 is 9.84 Å². The average Bonchev–Trinajstić information content (AvgIpc) is 2.29. The van der Waals surface area contributed by atoms with Crippen LogP contribution in [0.4, 0.5) is 0 Å². The first kappa shape index (κ1) is 11.8. The van der Waals surface area contributed by atoms with Gasteiger partial charge in [0.2, 0.25) is 0 Å². The minimum absolute atomic E-state index is 0.0765. The van der Waals surface area contributed by atoms with Crippen molar-refractivity contribution in [2.45, 2.75) is 6.42 Å². The van der Waals surface area contributed by atoms with Gasteiger partial charge in [0.05, 0.1) is 25.2 Å². The Morgan fingerprint density at radius 2 is 2.12 bits per heavy atom. The predicted octanol–water partition coefficient (Wildman–Crippen LogP) is 2.08. The lowest BCUT2D eigenvalue weighted by molar-refractivity contribution is -0.132. The number of nitriles is 1. The Kier molecular flexibility index (Phi) is 4.10. The summed E-state index contributed by atoms with van der Waals surface area (Å²) in [6.07, 6.45) is 1.37. The number of carboxylic acid groups (broad SMARTS) is 1. The molecule has 0 atom stereocenters. The van der Waals surface area contributed by atoms with Crippen LogP contribution in [0.25, 0.3) is 6.08 Å². The van der Waals surface area contributed by atoms with Crippen LogP contribution in [-0.4, -0.2) is 18.2 Å². The fourth-order valence-electron chi connectivity index (χ4n) is 1.17. The van der Waals surface area contributed by atoms with Crippen LogP contribution in [-0.2, 0) is 4.79 Å². The van der Waals surface area contributed by atoms with Crippen LogP contribution in [0.15, 0.2) is 29.8 Å². The molecule has 1 aromatic rings. The van der Waals surface area contributed by atoms with Gasteiger partial charge in [0.25, 0.3) is 0 Å². The Morgan fingerprint density at radius 1 is 1.50 bits per heavy atom. The van der Waals surface area contributed by atoms with Crippen molar-refractivity contribution < 1.29 is 14.6 Å². The quantitative estimate of drug-likeness (QED) is 0.784. The molecule has 0 aliphatic rings. The molecule has 1 N–H and O–H groups in total. The average molecular weight is 217 g/mol. The summed E-state index contributed by atoms with van der Waals surface area (Å²) in [5.41, 5.74) is 0.807. The number of methoxy groups -OCH3 is 1. The summed E-state index contributed by atoms with van der Waals surface area (Å²) in [5, 5.41) is 17.3. The topological polar surface area (TPSA) is 70.3 Å². The van der Waals surface area contributed by atoms with Gasteiger partial charge in [-0.3, -0.25) is 0 Å². The van der Waals surface area contributed by atoms with Gasteiger partial charge in [-0.05, 0) is 23.8 Å². The van der Waals surface area contributed by atoms with Crippen molar-refractivity contribution in [1.29, 1.82) is 5.26 Å². The zero-order valence-electron chi connectivity index (χ0n) is 8.80. The van der Waals surface area contributed by atoms with Crippen molar-refractivity contribution >= 4 is 12.0 Å². The number of carboxylic acids is 1. The first-order valence-corrected chi connectivity index (χ1v) is 4.62. The predicted molar refractivity (Wildman–Crippen MR) is 58.8 cm³/mol. The Bertz CT molecular complexity index is 440. The van der Waals surface area contributed by atoms with E-state index in [2.05, 4.69) is 0 Å². The molecule has 0 aromatic heterocycles. The Balaban J connectivity index is 2.95. The van der Waals surface area contributed by atoms with Gasteiger partial charge in [-0.25, -0.2) is 4.79 Å². The van der Waals surface area contributed by atoms with E-state index in [9.17, 15) is 4.79 Å². The van der Waals surface area contributed by atoms with Gasteiger partial charge in [0.15, 0.2) is 0 Å². The molecule has 1 aromatic carbocycles. The molecular weight excluding hydrogens is 206 g/mol. The number of rotatable bonds is 4. The minimum Gasteiger partial charge on any atom is -0.497 e. The molecule has 0 fully saturated rings. The van der Waals surface area contributed by atoms with Crippen LogP contribution in [0.2, 0.25) is 0 Å². The van der Waals surface area contributed by atoms with Gasteiger partial charge >= 0.3 is 5.97 Å². The number of ether oxygens (including phenoxy) is 1. The first-order chi connectivity index (χ1) is 7.67. The van der Waals surface area contributed by atoms with E-state index in [1.54, 1.807) is 31.4 Å². The molecule has 0 aliphatic heterocycles. The summed E-state index contributed by atoms with van der Waals surface area (Å²) in [4.78, 5) is 10.8. The van der Waals surface area contributed by atoms with Crippen molar-refractivity contribution in [1.82, 2.24) is 0 Å². The van der Waals surface area contributed by atoms with Crippen LogP contribution in [0.1, 0.15) is 12.0 Å². The summed E-state index contributed by atoms with van der Waals surface area (Å²) in [6.45, 7) is 0. The number of benzene rings is 1. The fourth-order valence-corrected chi connectivity index (χ4v) is 1.17. The molecule has 16 heavy (non-hydrogen) atoms. The highest BCUT2D eigenvalue weighted by Crippen LogP contribution is 2.15. The van der Waals surface area contributed by atoms with Crippen molar-refractivity contribution in [3.8, 4) is 11.8 Å². The number of aliphatic carboxylic acids is 1. The molecule has 0 bridgehead atoms. The standard InChI is InChI=1S/C12H11NO3/c1-16-11-4-2-9(3-5-11)8-10(6-7-13)12(14)15/h2-5,8H,6H2,1H3,(H,14,15)/b10-8+. The minimum atomic E-state index is -1.07. The number of hydrogen-bond donors (Lipinski definition) is 1. The third-order valence-corrected chi connectivity index (χ3v) is 2.00. The Morgan fingerprint density at radius 3 is 2.56 bits per heavy atom. The molecule has 0 amide bonds. The van der Waals surface area contributed by atoms with E-state index in [0.29, 0.717) is 5.75 Å². The lowest BCUT2D eigenvalue weighted by atomic mass is 10.1. The second-order valence-corrected chi connectivity index (χ2v) is 3.08. The SMILES string of the molecule is COc1ccc(/C=C(\CC#N)C(=O)O)cc1. The second kappa shape index (κ2) is 5.56. The fraction of sp³-hybridized carbons (Fsp3) is 0.167. The lowest BCUT2D eigenvalue weighted by Gasteiger charge is -2.00. The smallest absolute Gasteiger partial charge is 0.332 e. The van der Waals surface area contributed by atoms with Gasteiger partial charge in [0.1, 0.15) is 5.75 Å². The molecule has 0 unspecified atom stereocenters. The highest BCUT2D eigenvalue weighted by molar-refractivity contribution is 5.92. The summed E-state index contributed by atoms with van der Waals surface area (Å²) < 4.78 is 4.98. The van der Waals surface area contributed by atoms with Crippen LogP contribution in [0.5, 0.6) is 5.75 Å². The molecule has 0 saturated carbocycles. The van der Waals surface area contributed by atoms with Crippen molar-refractivity contribution in [3.05, 3.63) is 35.4 Å². The van der Waals surface area contributed by atoms with Gasteiger partial charge in [-0.2, -0.15) is 5.26 Å². The molecule has 1 rings (SSSR count). The maximum Gasteiger partial charge on any atom is 0.332 e. The molecule has 4 nitrogen and oxygen atoms in total. The van der Waals surface area contributed by atoms with Crippen molar-refractivity contribution in [2.75, 3.05) is 7.11 Å². The molecule has 82 valence electrons.